The van der Waals surface area contributed by atoms with E-state index >= 15 is 0 Å². The number of hydrogen-bond acceptors (Lipinski definition) is 4. The van der Waals surface area contributed by atoms with Gasteiger partial charge in [-0.25, -0.2) is 14.8 Å². The number of nitrogens with zero attached hydrogens (tertiary/aromatic N) is 4. The number of aromatic nitrogens is 3. The summed E-state index contributed by atoms with van der Waals surface area (Å²) in [5, 5.41) is 6.06. The zero-order valence-corrected chi connectivity index (χ0v) is 13.0. The zero-order valence-electron chi connectivity index (χ0n) is 11.4. The van der Waals surface area contributed by atoms with Crippen LogP contribution in [0.2, 0.25) is 0 Å². The summed E-state index contributed by atoms with van der Waals surface area (Å²) in [7, 11) is 3.43. The molecule has 0 atom stereocenters. The third-order valence-electron chi connectivity index (χ3n) is 2.73. The van der Waals surface area contributed by atoms with E-state index in [1.807, 2.05) is 16.8 Å². The standard InChI is InChI=1S/C12H17BrN6O/c1-18(2)12(20)15-4-3-14-5-9-6-17-11-7-16-10(13)8-19(9)11/h6-8,14H,3-5H2,1-2H3,(H,15,20). The van der Waals surface area contributed by atoms with E-state index in [9.17, 15) is 4.79 Å². The number of rotatable bonds is 5. The van der Waals surface area contributed by atoms with Crippen molar-refractivity contribution in [2.24, 2.45) is 0 Å². The second-order valence-electron chi connectivity index (χ2n) is 4.49. The van der Waals surface area contributed by atoms with Gasteiger partial charge in [0.1, 0.15) is 4.60 Å². The Morgan fingerprint density at radius 1 is 1.35 bits per heavy atom. The Hall–Kier alpha value is -1.67. The predicted molar refractivity (Wildman–Crippen MR) is 79.5 cm³/mol. The van der Waals surface area contributed by atoms with E-state index in [2.05, 4.69) is 36.5 Å². The molecule has 0 aliphatic rings. The lowest BCUT2D eigenvalue weighted by molar-refractivity contribution is 0.217. The Kier molecular flexibility index (Phi) is 4.91. The molecule has 2 N–H and O–H groups in total. The van der Waals surface area contributed by atoms with Gasteiger partial charge in [-0.2, -0.15) is 0 Å². The first-order chi connectivity index (χ1) is 9.58. The average Bonchev–Trinajstić information content (AvgIpc) is 2.80. The number of carbonyl (C=O) groups is 1. The lowest BCUT2D eigenvalue weighted by atomic mass is 10.4. The van der Waals surface area contributed by atoms with Crippen molar-refractivity contribution < 1.29 is 4.79 Å². The summed E-state index contributed by atoms with van der Waals surface area (Å²) in [6.07, 6.45) is 5.41. The van der Waals surface area contributed by atoms with Gasteiger partial charge in [-0.3, -0.25) is 4.40 Å². The topological polar surface area (TPSA) is 74.6 Å². The van der Waals surface area contributed by atoms with Crippen molar-refractivity contribution in [2.45, 2.75) is 6.54 Å². The maximum atomic E-state index is 11.3. The van der Waals surface area contributed by atoms with Crippen molar-refractivity contribution in [2.75, 3.05) is 27.2 Å². The van der Waals surface area contributed by atoms with Gasteiger partial charge in [-0.05, 0) is 15.9 Å². The van der Waals surface area contributed by atoms with E-state index in [-0.39, 0.29) is 6.03 Å². The van der Waals surface area contributed by atoms with E-state index < -0.39 is 0 Å². The first-order valence-electron chi connectivity index (χ1n) is 6.21. The van der Waals surface area contributed by atoms with Crippen LogP contribution in [0.25, 0.3) is 5.65 Å². The number of amides is 2. The Morgan fingerprint density at radius 2 is 2.15 bits per heavy atom. The molecule has 0 bridgehead atoms. The summed E-state index contributed by atoms with van der Waals surface area (Å²) in [6.45, 7) is 1.95. The van der Waals surface area contributed by atoms with Crippen LogP contribution in [0.4, 0.5) is 4.79 Å². The first-order valence-corrected chi connectivity index (χ1v) is 7.00. The van der Waals surface area contributed by atoms with Crippen LogP contribution >= 0.6 is 15.9 Å². The molecule has 0 fully saturated rings. The van der Waals surface area contributed by atoms with Gasteiger partial charge in [-0.1, -0.05) is 0 Å². The van der Waals surface area contributed by atoms with E-state index in [1.165, 1.54) is 4.90 Å². The summed E-state index contributed by atoms with van der Waals surface area (Å²) in [4.78, 5) is 21.2. The molecule has 0 radical (unpaired) electrons. The highest BCUT2D eigenvalue weighted by molar-refractivity contribution is 9.10. The van der Waals surface area contributed by atoms with Crippen molar-refractivity contribution in [3.8, 4) is 0 Å². The Morgan fingerprint density at radius 3 is 2.90 bits per heavy atom. The highest BCUT2D eigenvalue weighted by Gasteiger charge is 2.04. The molecule has 0 aromatic carbocycles. The number of fused-ring (bicyclic) bond motifs is 1. The normalized spacial score (nSPS) is 10.8. The summed E-state index contributed by atoms with van der Waals surface area (Å²) in [6, 6.07) is -0.0865. The maximum absolute atomic E-state index is 11.3. The van der Waals surface area contributed by atoms with Gasteiger partial charge in [0.25, 0.3) is 0 Å². The minimum absolute atomic E-state index is 0.0865. The molecular weight excluding hydrogens is 324 g/mol. The number of nitrogens with one attached hydrogen (secondary N) is 2. The summed E-state index contributed by atoms with van der Waals surface area (Å²) in [5.74, 6) is 0. The number of urea groups is 1. The number of hydrogen-bond donors (Lipinski definition) is 2. The fourth-order valence-corrected chi connectivity index (χ4v) is 1.99. The molecule has 2 heterocycles. The van der Waals surface area contributed by atoms with Crippen LogP contribution in [0.15, 0.2) is 23.2 Å². The second kappa shape index (κ2) is 6.67. The molecule has 0 spiro atoms. The van der Waals surface area contributed by atoms with Crippen molar-refractivity contribution >= 4 is 27.6 Å². The number of imidazole rings is 1. The molecule has 20 heavy (non-hydrogen) atoms. The van der Waals surface area contributed by atoms with E-state index in [0.29, 0.717) is 19.6 Å². The van der Waals surface area contributed by atoms with Gasteiger partial charge in [-0.15, -0.1) is 0 Å². The van der Waals surface area contributed by atoms with Crippen LogP contribution in [0.5, 0.6) is 0 Å². The second-order valence-corrected chi connectivity index (χ2v) is 5.30. The molecular formula is C12H17BrN6O. The monoisotopic (exact) mass is 340 g/mol. The van der Waals surface area contributed by atoms with Gasteiger partial charge in [0.15, 0.2) is 5.65 Å². The van der Waals surface area contributed by atoms with Crippen LogP contribution in [0.1, 0.15) is 5.69 Å². The minimum atomic E-state index is -0.0865. The molecule has 2 amide bonds. The third-order valence-corrected chi connectivity index (χ3v) is 3.14. The van der Waals surface area contributed by atoms with Crippen LogP contribution in [-0.4, -0.2) is 52.5 Å². The van der Waals surface area contributed by atoms with Crippen LogP contribution in [0.3, 0.4) is 0 Å². The van der Waals surface area contributed by atoms with Crippen LogP contribution < -0.4 is 10.6 Å². The minimum Gasteiger partial charge on any atom is -0.337 e. The molecule has 108 valence electrons. The van der Waals surface area contributed by atoms with Gasteiger partial charge in [0.05, 0.1) is 18.1 Å². The lowest BCUT2D eigenvalue weighted by Gasteiger charge is -2.12. The average molecular weight is 341 g/mol. The maximum Gasteiger partial charge on any atom is 0.316 e. The zero-order chi connectivity index (χ0) is 14.5. The summed E-state index contributed by atoms with van der Waals surface area (Å²) >= 11 is 3.34. The first kappa shape index (κ1) is 14.7. The van der Waals surface area contributed by atoms with Crippen molar-refractivity contribution in [1.29, 1.82) is 0 Å². The number of carbonyl (C=O) groups excluding carboxylic acids is 1. The largest absolute Gasteiger partial charge is 0.337 e. The molecule has 2 aromatic rings. The highest BCUT2D eigenvalue weighted by Crippen LogP contribution is 2.10. The molecule has 0 saturated heterocycles. The smallest absolute Gasteiger partial charge is 0.316 e. The van der Waals surface area contributed by atoms with Gasteiger partial charge in [0, 0.05) is 39.9 Å². The van der Waals surface area contributed by atoms with Gasteiger partial charge < -0.3 is 15.5 Å². The fraction of sp³-hybridized carbons (Fsp3) is 0.417. The Balaban J connectivity index is 1.81. The molecule has 0 unspecified atom stereocenters. The Bertz CT molecular complexity index is 597. The van der Waals surface area contributed by atoms with Crippen molar-refractivity contribution in [1.82, 2.24) is 29.9 Å². The molecule has 0 aliphatic heterocycles. The fourth-order valence-electron chi connectivity index (χ4n) is 1.68. The Labute approximate surface area is 125 Å². The molecule has 0 saturated carbocycles. The van der Waals surface area contributed by atoms with Crippen LogP contribution in [0, 0.1) is 0 Å². The molecule has 2 rings (SSSR count). The molecule has 2 aromatic heterocycles. The van der Waals surface area contributed by atoms with Crippen molar-refractivity contribution in [3.05, 3.63) is 28.9 Å². The lowest BCUT2D eigenvalue weighted by Crippen LogP contribution is -2.38. The molecule has 8 heteroatoms. The van der Waals surface area contributed by atoms with Gasteiger partial charge >= 0.3 is 6.03 Å². The highest BCUT2D eigenvalue weighted by atomic mass is 79.9. The predicted octanol–water partition coefficient (Wildman–Crippen LogP) is 0.853. The van der Waals surface area contributed by atoms with Crippen LogP contribution in [-0.2, 0) is 6.54 Å². The van der Waals surface area contributed by atoms with E-state index in [4.69, 9.17) is 0 Å². The SMILES string of the molecule is CN(C)C(=O)NCCNCc1cnc2cnc(Br)cn12. The summed E-state index contributed by atoms with van der Waals surface area (Å²) in [5.41, 5.74) is 1.85. The van der Waals surface area contributed by atoms with Gasteiger partial charge in [0.2, 0.25) is 0 Å². The number of halogens is 1. The molecule has 0 aliphatic carbocycles. The van der Waals surface area contributed by atoms with Crippen molar-refractivity contribution in [3.63, 3.8) is 0 Å². The molecule has 7 nitrogen and oxygen atoms in total. The van der Waals surface area contributed by atoms with E-state index in [0.717, 1.165) is 15.9 Å². The quantitative estimate of drug-likeness (QED) is 0.791. The third kappa shape index (κ3) is 3.67. The summed E-state index contributed by atoms with van der Waals surface area (Å²) < 4.78 is 2.74. The van der Waals surface area contributed by atoms with E-state index in [1.54, 1.807) is 20.3 Å².